The molecule has 0 unspecified atom stereocenters. The topological polar surface area (TPSA) is 50.9 Å². The van der Waals surface area contributed by atoms with Crippen LogP contribution in [0.4, 0.5) is 0 Å². The summed E-state index contributed by atoms with van der Waals surface area (Å²) in [6, 6.07) is 8.17. The first kappa shape index (κ1) is 11.2. The highest BCUT2D eigenvalue weighted by molar-refractivity contribution is 5.32. The van der Waals surface area contributed by atoms with E-state index in [9.17, 15) is 5.11 Å². The fourth-order valence-electron chi connectivity index (χ4n) is 3.01. The number of aryl methyl sites for hydroxylation is 1. The molecule has 4 nitrogen and oxygen atoms in total. The average molecular weight is 255 g/mol. The molecule has 0 amide bonds. The molecule has 2 aliphatic carbocycles. The van der Waals surface area contributed by atoms with Crippen LogP contribution in [0.25, 0.3) is 0 Å². The monoisotopic (exact) mass is 255 g/mol. The lowest BCUT2D eigenvalue weighted by molar-refractivity contribution is 0.0911. The van der Waals surface area contributed by atoms with E-state index in [1.165, 1.54) is 18.4 Å². The van der Waals surface area contributed by atoms with E-state index in [2.05, 4.69) is 16.4 Å². The highest BCUT2D eigenvalue weighted by atomic mass is 16.3. The number of aliphatic hydroxyl groups is 1. The normalized spacial score (nSPS) is 26.2. The van der Waals surface area contributed by atoms with Crippen LogP contribution in [-0.2, 0) is 6.42 Å². The van der Waals surface area contributed by atoms with Gasteiger partial charge in [0.05, 0.1) is 11.7 Å². The molecule has 2 atom stereocenters. The predicted molar refractivity (Wildman–Crippen MR) is 70.8 cm³/mol. The van der Waals surface area contributed by atoms with Crippen molar-refractivity contribution in [2.24, 2.45) is 0 Å². The predicted octanol–water partition coefficient (Wildman–Crippen LogP) is 2.38. The van der Waals surface area contributed by atoms with Gasteiger partial charge in [-0.1, -0.05) is 29.5 Å². The van der Waals surface area contributed by atoms with E-state index in [0.29, 0.717) is 5.92 Å². The van der Waals surface area contributed by atoms with Gasteiger partial charge in [-0.3, -0.25) is 0 Å². The van der Waals surface area contributed by atoms with Crippen LogP contribution in [0.5, 0.6) is 0 Å². The van der Waals surface area contributed by atoms with Crippen LogP contribution in [0.3, 0.4) is 0 Å². The molecule has 0 aliphatic heterocycles. The third kappa shape index (κ3) is 1.87. The Morgan fingerprint density at radius 1 is 1.16 bits per heavy atom. The number of aliphatic hydroxyl groups excluding tert-OH is 1. The van der Waals surface area contributed by atoms with Crippen molar-refractivity contribution in [2.75, 3.05) is 0 Å². The molecule has 0 saturated heterocycles. The summed E-state index contributed by atoms with van der Waals surface area (Å²) in [5.74, 6) is 0.613. The van der Waals surface area contributed by atoms with Crippen LogP contribution in [0.2, 0.25) is 0 Å². The molecule has 4 rings (SSSR count). The zero-order valence-electron chi connectivity index (χ0n) is 10.7. The minimum atomic E-state index is -0.473. The van der Waals surface area contributed by atoms with Gasteiger partial charge in [-0.25, -0.2) is 4.68 Å². The molecule has 1 saturated carbocycles. The molecule has 0 bridgehead atoms. The van der Waals surface area contributed by atoms with Crippen molar-refractivity contribution >= 4 is 0 Å². The lowest BCUT2D eigenvalue weighted by atomic mass is 9.86. The van der Waals surface area contributed by atoms with Crippen molar-refractivity contribution < 1.29 is 5.11 Å². The van der Waals surface area contributed by atoms with Crippen LogP contribution < -0.4 is 0 Å². The molecule has 2 aliphatic rings. The van der Waals surface area contributed by atoms with Gasteiger partial charge in [-0.05, 0) is 36.8 Å². The summed E-state index contributed by atoms with van der Waals surface area (Å²) in [6.45, 7) is 0. The van der Waals surface area contributed by atoms with Crippen LogP contribution in [0, 0.1) is 0 Å². The molecule has 1 aromatic carbocycles. The van der Waals surface area contributed by atoms with E-state index < -0.39 is 6.10 Å². The second-order valence-electron chi connectivity index (χ2n) is 5.65. The van der Waals surface area contributed by atoms with Gasteiger partial charge >= 0.3 is 0 Å². The molecule has 1 fully saturated rings. The quantitative estimate of drug-likeness (QED) is 0.896. The Morgan fingerprint density at radius 3 is 2.84 bits per heavy atom. The third-order valence-corrected chi connectivity index (χ3v) is 4.31. The summed E-state index contributed by atoms with van der Waals surface area (Å²) in [5.41, 5.74) is 3.39. The molecular formula is C15H17N3O. The van der Waals surface area contributed by atoms with Crippen molar-refractivity contribution in [3.05, 3.63) is 47.3 Å². The van der Waals surface area contributed by atoms with Crippen LogP contribution in [0.1, 0.15) is 54.1 Å². The second kappa shape index (κ2) is 4.17. The third-order valence-electron chi connectivity index (χ3n) is 4.31. The summed E-state index contributed by atoms with van der Waals surface area (Å²) >= 11 is 0. The lowest BCUT2D eigenvalue weighted by Crippen LogP contribution is -2.24. The van der Waals surface area contributed by atoms with E-state index in [1.807, 2.05) is 29.1 Å². The summed E-state index contributed by atoms with van der Waals surface area (Å²) in [6.07, 6.45) is 5.93. The molecule has 1 N–H and O–H groups in total. The summed E-state index contributed by atoms with van der Waals surface area (Å²) in [5, 5.41) is 19.0. The largest absolute Gasteiger partial charge is 0.386 e. The van der Waals surface area contributed by atoms with Crippen LogP contribution in [-0.4, -0.2) is 20.1 Å². The first-order chi connectivity index (χ1) is 9.33. The number of fused-ring (bicyclic) bond motifs is 1. The minimum Gasteiger partial charge on any atom is -0.386 e. The Labute approximate surface area is 112 Å². The highest BCUT2D eigenvalue weighted by Crippen LogP contribution is 2.41. The number of hydrogen-bond acceptors (Lipinski definition) is 3. The Bertz CT molecular complexity index is 603. The van der Waals surface area contributed by atoms with Crippen molar-refractivity contribution in [3.63, 3.8) is 0 Å². The summed E-state index contributed by atoms with van der Waals surface area (Å²) < 4.78 is 1.87. The Balaban J connectivity index is 1.65. The van der Waals surface area contributed by atoms with Gasteiger partial charge in [0, 0.05) is 12.1 Å². The zero-order chi connectivity index (χ0) is 12.8. The number of benzene rings is 1. The second-order valence-corrected chi connectivity index (χ2v) is 5.65. The Kier molecular flexibility index (Phi) is 2.45. The van der Waals surface area contributed by atoms with Gasteiger partial charge in [-0.15, -0.1) is 5.10 Å². The molecule has 0 spiro atoms. The highest BCUT2D eigenvalue weighted by Gasteiger charge is 2.32. The van der Waals surface area contributed by atoms with E-state index in [4.69, 9.17) is 0 Å². The van der Waals surface area contributed by atoms with E-state index in [-0.39, 0.29) is 6.04 Å². The maximum Gasteiger partial charge on any atom is 0.102 e. The fraction of sp³-hybridized carbons (Fsp3) is 0.467. The Hall–Kier alpha value is -1.68. The summed E-state index contributed by atoms with van der Waals surface area (Å²) in [4.78, 5) is 0. The average Bonchev–Trinajstić information content (AvgIpc) is 3.18. The summed E-state index contributed by atoms with van der Waals surface area (Å²) in [7, 11) is 0. The van der Waals surface area contributed by atoms with Gasteiger partial charge in [0.2, 0.25) is 0 Å². The molecule has 4 heteroatoms. The number of aromatic nitrogens is 3. The van der Waals surface area contributed by atoms with E-state index in [1.54, 1.807) is 0 Å². The van der Waals surface area contributed by atoms with Gasteiger partial charge in [-0.2, -0.15) is 0 Å². The van der Waals surface area contributed by atoms with E-state index in [0.717, 1.165) is 24.1 Å². The van der Waals surface area contributed by atoms with Crippen molar-refractivity contribution in [1.29, 1.82) is 0 Å². The van der Waals surface area contributed by atoms with E-state index >= 15 is 0 Å². The number of hydrogen-bond donors (Lipinski definition) is 1. The maximum absolute atomic E-state index is 10.5. The smallest absolute Gasteiger partial charge is 0.102 e. The van der Waals surface area contributed by atoms with Gasteiger partial charge in [0.25, 0.3) is 0 Å². The SMILES string of the molecule is O[C@H]1c2ccccc2CC[C@H]1n1cc(C2CC2)nn1. The molecular weight excluding hydrogens is 238 g/mol. The first-order valence-electron chi connectivity index (χ1n) is 7.00. The van der Waals surface area contributed by atoms with Crippen molar-refractivity contribution in [3.8, 4) is 0 Å². The van der Waals surface area contributed by atoms with Gasteiger partial charge in [0.15, 0.2) is 0 Å². The first-order valence-corrected chi connectivity index (χ1v) is 7.00. The van der Waals surface area contributed by atoms with Crippen molar-refractivity contribution in [1.82, 2.24) is 15.0 Å². The molecule has 19 heavy (non-hydrogen) atoms. The standard InChI is InChI=1S/C15H17N3O/c19-15-12-4-2-1-3-10(12)7-8-14(15)18-9-13(16-17-18)11-5-6-11/h1-4,9,11,14-15,19H,5-8H2/t14-,15+/m1/s1. The fourth-order valence-corrected chi connectivity index (χ4v) is 3.01. The number of nitrogens with zero attached hydrogens (tertiary/aromatic N) is 3. The van der Waals surface area contributed by atoms with Crippen LogP contribution >= 0.6 is 0 Å². The van der Waals surface area contributed by atoms with Gasteiger partial charge in [0.1, 0.15) is 6.10 Å². The van der Waals surface area contributed by atoms with Crippen molar-refractivity contribution in [2.45, 2.75) is 43.7 Å². The number of rotatable bonds is 2. The lowest BCUT2D eigenvalue weighted by Gasteiger charge is -2.29. The molecule has 0 radical (unpaired) electrons. The zero-order valence-corrected chi connectivity index (χ0v) is 10.7. The Morgan fingerprint density at radius 2 is 2.00 bits per heavy atom. The molecule has 1 heterocycles. The van der Waals surface area contributed by atoms with Crippen LogP contribution in [0.15, 0.2) is 30.5 Å². The molecule has 1 aromatic heterocycles. The van der Waals surface area contributed by atoms with Gasteiger partial charge < -0.3 is 5.11 Å². The molecule has 2 aromatic rings. The molecule has 98 valence electrons. The minimum absolute atomic E-state index is 0.0231. The maximum atomic E-state index is 10.5.